The molecule has 1 aliphatic heterocycles. The predicted octanol–water partition coefficient (Wildman–Crippen LogP) is 1.39. The van der Waals surface area contributed by atoms with Crippen molar-refractivity contribution in [2.45, 2.75) is 38.6 Å². The first-order valence-electron chi connectivity index (χ1n) is 6.76. The Morgan fingerprint density at radius 1 is 1.50 bits per heavy atom. The van der Waals surface area contributed by atoms with E-state index in [1.807, 2.05) is 0 Å². The summed E-state index contributed by atoms with van der Waals surface area (Å²) in [5.41, 5.74) is 5.83. The maximum absolute atomic E-state index is 5.83. The van der Waals surface area contributed by atoms with Gasteiger partial charge in [-0.25, -0.2) is 0 Å². The molecule has 0 saturated carbocycles. The molecule has 1 rings (SSSR count). The minimum Gasteiger partial charge on any atom is -0.330 e. The summed E-state index contributed by atoms with van der Waals surface area (Å²) in [5.74, 6) is 0.683. The highest BCUT2D eigenvalue weighted by Crippen LogP contribution is 2.16. The van der Waals surface area contributed by atoms with E-state index in [0.717, 1.165) is 12.6 Å². The molecule has 0 aromatic rings. The molecule has 0 aliphatic carbocycles. The van der Waals surface area contributed by atoms with Crippen LogP contribution in [0.2, 0.25) is 0 Å². The van der Waals surface area contributed by atoms with E-state index in [-0.39, 0.29) is 0 Å². The Hall–Kier alpha value is -0.120. The van der Waals surface area contributed by atoms with Crippen molar-refractivity contribution in [1.82, 2.24) is 9.80 Å². The van der Waals surface area contributed by atoms with Crippen molar-refractivity contribution >= 4 is 0 Å². The Morgan fingerprint density at radius 2 is 2.25 bits per heavy atom. The largest absolute Gasteiger partial charge is 0.330 e. The van der Waals surface area contributed by atoms with Crippen LogP contribution < -0.4 is 5.73 Å². The molecular formula is C13H29N3. The average molecular weight is 227 g/mol. The highest BCUT2D eigenvalue weighted by Gasteiger charge is 2.22. The van der Waals surface area contributed by atoms with Gasteiger partial charge in [-0.3, -0.25) is 0 Å². The quantitative estimate of drug-likeness (QED) is 0.744. The molecule has 16 heavy (non-hydrogen) atoms. The molecule has 0 spiro atoms. The molecule has 1 heterocycles. The molecule has 0 aromatic carbocycles. The maximum Gasteiger partial charge on any atom is 0.0220 e. The predicted molar refractivity (Wildman–Crippen MR) is 70.6 cm³/mol. The van der Waals surface area contributed by atoms with Crippen molar-refractivity contribution in [1.29, 1.82) is 0 Å². The standard InChI is InChI=1S/C13H29N3/c1-4-6-12(9-14)10-16(3)13-7-5-8-15(2)11-13/h12-13H,4-11,14H2,1-3H3. The van der Waals surface area contributed by atoms with Crippen molar-refractivity contribution < 1.29 is 0 Å². The summed E-state index contributed by atoms with van der Waals surface area (Å²) in [4.78, 5) is 4.98. The zero-order valence-corrected chi connectivity index (χ0v) is 11.3. The van der Waals surface area contributed by atoms with Crippen molar-refractivity contribution in [2.75, 3.05) is 40.3 Å². The van der Waals surface area contributed by atoms with Gasteiger partial charge in [0.2, 0.25) is 0 Å². The first-order chi connectivity index (χ1) is 7.67. The monoisotopic (exact) mass is 227 g/mol. The molecule has 3 heteroatoms. The van der Waals surface area contributed by atoms with Gasteiger partial charge in [0.05, 0.1) is 0 Å². The van der Waals surface area contributed by atoms with Crippen LogP contribution in [0.1, 0.15) is 32.6 Å². The van der Waals surface area contributed by atoms with Gasteiger partial charge in [-0.2, -0.15) is 0 Å². The number of likely N-dealkylation sites (N-methyl/N-ethyl adjacent to an activating group) is 2. The van der Waals surface area contributed by atoms with Gasteiger partial charge in [-0.1, -0.05) is 13.3 Å². The molecule has 1 aliphatic rings. The van der Waals surface area contributed by atoms with E-state index in [1.165, 1.54) is 45.3 Å². The molecule has 2 N–H and O–H groups in total. The van der Waals surface area contributed by atoms with E-state index in [9.17, 15) is 0 Å². The second-order valence-electron chi connectivity index (χ2n) is 5.39. The van der Waals surface area contributed by atoms with Crippen LogP contribution in [-0.2, 0) is 0 Å². The van der Waals surface area contributed by atoms with Crippen LogP contribution in [0.5, 0.6) is 0 Å². The van der Waals surface area contributed by atoms with Gasteiger partial charge in [0.25, 0.3) is 0 Å². The molecule has 1 fully saturated rings. The Bertz CT molecular complexity index is 184. The van der Waals surface area contributed by atoms with Crippen LogP contribution in [0.4, 0.5) is 0 Å². The van der Waals surface area contributed by atoms with Crippen molar-refractivity contribution in [3.05, 3.63) is 0 Å². The SMILES string of the molecule is CCCC(CN)CN(C)C1CCCN(C)C1. The minimum absolute atomic E-state index is 0.683. The lowest BCUT2D eigenvalue weighted by Gasteiger charge is -2.37. The van der Waals surface area contributed by atoms with Crippen LogP contribution in [-0.4, -0.2) is 56.1 Å². The molecule has 1 saturated heterocycles. The number of piperidine rings is 1. The average Bonchev–Trinajstić information content (AvgIpc) is 2.28. The fourth-order valence-electron chi connectivity index (χ4n) is 2.75. The van der Waals surface area contributed by atoms with Crippen LogP contribution in [0.25, 0.3) is 0 Å². The molecular weight excluding hydrogens is 198 g/mol. The number of nitrogens with zero attached hydrogens (tertiary/aromatic N) is 2. The third-order valence-corrected chi connectivity index (χ3v) is 3.80. The highest BCUT2D eigenvalue weighted by atomic mass is 15.2. The molecule has 0 aromatic heterocycles. The Kier molecular flexibility index (Phi) is 6.32. The molecule has 0 bridgehead atoms. The molecule has 0 amide bonds. The Balaban J connectivity index is 2.34. The van der Waals surface area contributed by atoms with Crippen LogP contribution in [0.15, 0.2) is 0 Å². The Morgan fingerprint density at radius 3 is 2.81 bits per heavy atom. The molecule has 3 nitrogen and oxygen atoms in total. The molecule has 2 atom stereocenters. The molecule has 0 radical (unpaired) electrons. The lowest BCUT2D eigenvalue weighted by Crippen LogP contribution is -2.47. The van der Waals surface area contributed by atoms with E-state index in [1.54, 1.807) is 0 Å². The van der Waals surface area contributed by atoms with Crippen molar-refractivity contribution in [3.8, 4) is 0 Å². The number of rotatable bonds is 6. The summed E-state index contributed by atoms with van der Waals surface area (Å²) < 4.78 is 0. The normalized spacial score (nSPS) is 24.9. The molecule has 96 valence electrons. The third kappa shape index (κ3) is 4.40. The second kappa shape index (κ2) is 7.25. The zero-order chi connectivity index (χ0) is 12.0. The van der Waals surface area contributed by atoms with E-state index >= 15 is 0 Å². The van der Waals surface area contributed by atoms with E-state index in [4.69, 9.17) is 5.73 Å². The number of likely N-dealkylation sites (tertiary alicyclic amines) is 1. The first-order valence-corrected chi connectivity index (χ1v) is 6.76. The summed E-state index contributed by atoms with van der Waals surface area (Å²) >= 11 is 0. The van der Waals surface area contributed by atoms with Gasteiger partial charge in [-0.15, -0.1) is 0 Å². The summed E-state index contributed by atoms with van der Waals surface area (Å²) in [7, 11) is 4.49. The van der Waals surface area contributed by atoms with Gasteiger partial charge >= 0.3 is 0 Å². The molecule has 2 unspecified atom stereocenters. The number of nitrogens with two attached hydrogens (primary N) is 1. The maximum atomic E-state index is 5.83. The van der Waals surface area contributed by atoms with Crippen LogP contribution >= 0.6 is 0 Å². The summed E-state index contributed by atoms with van der Waals surface area (Å²) in [6.07, 6.45) is 5.21. The lowest BCUT2D eigenvalue weighted by atomic mass is 10.00. The lowest BCUT2D eigenvalue weighted by molar-refractivity contribution is 0.119. The Labute approximate surface area is 101 Å². The summed E-state index contributed by atoms with van der Waals surface area (Å²) in [6, 6.07) is 0.740. The zero-order valence-electron chi connectivity index (χ0n) is 11.3. The second-order valence-corrected chi connectivity index (χ2v) is 5.39. The first kappa shape index (κ1) is 13.9. The van der Waals surface area contributed by atoms with Gasteiger partial charge < -0.3 is 15.5 Å². The van der Waals surface area contributed by atoms with Crippen LogP contribution in [0, 0.1) is 5.92 Å². The summed E-state index contributed by atoms with van der Waals surface area (Å²) in [6.45, 7) is 6.74. The van der Waals surface area contributed by atoms with Gasteiger partial charge in [-0.05, 0) is 52.4 Å². The minimum atomic E-state index is 0.683. The van der Waals surface area contributed by atoms with Gasteiger partial charge in [0.15, 0.2) is 0 Å². The number of hydrogen-bond donors (Lipinski definition) is 1. The van der Waals surface area contributed by atoms with Crippen molar-refractivity contribution in [2.24, 2.45) is 11.7 Å². The summed E-state index contributed by atoms with van der Waals surface area (Å²) in [5, 5.41) is 0. The van der Waals surface area contributed by atoms with E-state index < -0.39 is 0 Å². The smallest absolute Gasteiger partial charge is 0.0220 e. The highest BCUT2D eigenvalue weighted by molar-refractivity contribution is 4.79. The van der Waals surface area contributed by atoms with Crippen LogP contribution in [0.3, 0.4) is 0 Å². The topological polar surface area (TPSA) is 32.5 Å². The van der Waals surface area contributed by atoms with Crippen molar-refractivity contribution in [3.63, 3.8) is 0 Å². The van der Waals surface area contributed by atoms with E-state index in [0.29, 0.717) is 5.92 Å². The fourth-order valence-corrected chi connectivity index (χ4v) is 2.75. The number of hydrogen-bond acceptors (Lipinski definition) is 3. The fraction of sp³-hybridized carbons (Fsp3) is 1.00. The van der Waals surface area contributed by atoms with Gasteiger partial charge in [0, 0.05) is 19.1 Å². The third-order valence-electron chi connectivity index (χ3n) is 3.80. The van der Waals surface area contributed by atoms with Gasteiger partial charge in [0.1, 0.15) is 0 Å². The van der Waals surface area contributed by atoms with E-state index in [2.05, 4.69) is 30.8 Å².